The molecule has 0 atom stereocenters. The number of benzene rings is 2. The molecule has 0 aliphatic heterocycles. The third kappa shape index (κ3) is 6.77. The molecule has 0 aliphatic carbocycles. The molecule has 1 heterocycles. The molecular weight excluding hydrogens is 448 g/mol. The number of hydrogen-bond acceptors (Lipinski definition) is 5. The van der Waals surface area contributed by atoms with Crippen LogP contribution in [0, 0.1) is 5.92 Å². The van der Waals surface area contributed by atoms with Crippen LogP contribution in [-0.2, 0) is 28.7 Å². The van der Waals surface area contributed by atoms with Crippen molar-refractivity contribution in [3.05, 3.63) is 83.7 Å². The maximum absolute atomic E-state index is 13.3. The molecule has 7 nitrogen and oxygen atoms in total. The molecule has 0 radical (unpaired) electrons. The third-order valence-electron chi connectivity index (χ3n) is 5.40. The number of aromatic nitrogens is 2. The van der Waals surface area contributed by atoms with Gasteiger partial charge in [0.1, 0.15) is 0 Å². The Labute approximate surface area is 203 Å². The van der Waals surface area contributed by atoms with Gasteiger partial charge in [0.15, 0.2) is 0 Å². The number of rotatable bonds is 11. The smallest absolute Gasteiger partial charge is 0.254 e. The molecule has 1 amide bonds. The predicted molar refractivity (Wildman–Crippen MR) is 134 cm³/mol. The molecule has 2 aromatic carbocycles. The lowest BCUT2D eigenvalue weighted by atomic mass is 10.2. The van der Waals surface area contributed by atoms with Gasteiger partial charge >= 0.3 is 0 Å². The van der Waals surface area contributed by atoms with E-state index < -0.39 is 9.84 Å². The van der Waals surface area contributed by atoms with Crippen molar-refractivity contribution in [1.82, 2.24) is 19.4 Å². The van der Waals surface area contributed by atoms with Gasteiger partial charge in [0.25, 0.3) is 5.91 Å². The summed E-state index contributed by atoms with van der Waals surface area (Å²) in [4.78, 5) is 21.4. The van der Waals surface area contributed by atoms with Gasteiger partial charge in [-0.05, 0) is 37.7 Å². The fourth-order valence-corrected chi connectivity index (χ4v) is 5.22. The van der Waals surface area contributed by atoms with Crippen LogP contribution in [0.3, 0.4) is 0 Å². The Hall–Kier alpha value is -2.97. The Bertz CT molecular complexity index is 1170. The summed E-state index contributed by atoms with van der Waals surface area (Å²) in [6.45, 7) is 6.06. The van der Waals surface area contributed by atoms with E-state index in [9.17, 15) is 13.2 Å². The highest BCUT2D eigenvalue weighted by Gasteiger charge is 2.26. The van der Waals surface area contributed by atoms with E-state index in [2.05, 4.69) is 4.98 Å². The minimum absolute atomic E-state index is 0.0553. The molecule has 0 saturated carbocycles. The molecule has 1 aromatic heterocycles. The molecule has 8 heteroatoms. The van der Waals surface area contributed by atoms with Crippen molar-refractivity contribution < 1.29 is 13.2 Å². The van der Waals surface area contributed by atoms with Crippen molar-refractivity contribution in [2.24, 2.45) is 5.92 Å². The van der Waals surface area contributed by atoms with Crippen LogP contribution in [-0.4, -0.2) is 60.9 Å². The molecule has 0 aliphatic rings. The molecule has 34 heavy (non-hydrogen) atoms. The SMILES string of the molecule is CC(C)Cn1c(CN(CCN(C)C)C(=O)c2ccccc2)cnc1S(=O)(=O)Cc1ccccc1. The standard InChI is InChI=1S/C26H34N4O3S/c1-21(2)18-30-24(17-27-26(30)34(32,33)20-22-11-7-5-8-12-22)19-29(16-15-28(3)4)25(31)23-13-9-6-10-14-23/h5-14,17,21H,15-16,18-20H2,1-4H3. The van der Waals surface area contributed by atoms with E-state index in [4.69, 9.17) is 0 Å². The number of nitrogens with zero attached hydrogens (tertiary/aromatic N) is 4. The van der Waals surface area contributed by atoms with Gasteiger partial charge in [0.05, 0.1) is 24.2 Å². The quantitative estimate of drug-likeness (QED) is 0.416. The fraction of sp³-hybridized carbons (Fsp3) is 0.385. The zero-order valence-corrected chi connectivity index (χ0v) is 21.2. The van der Waals surface area contributed by atoms with Crippen LogP contribution in [0.25, 0.3) is 0 Å². The molecule has 0 N–H and O–H groups in total. The molecule has 0 bridgehead atoms. The van der Waals surface area contributed by atoms with Crippen LogP contribution >= 0.6 is 0 Å². The maximum Gasteiger partial charge on any atom is 0.254 e. The topological polar surface area (TPSA) is 75.5 Å². The van der Waals surface area contributed by atoms with E-state index in [0.717, 1.165) is 5.56 Å². The van der Waals surface area contributed by atoms with Crippen LogP contribution in [0.5, 0.6) is 0 Å². The van der Waals surface area contributed by atoms with E-state index in [0.29, 0.717) is 30.9 Å². The number of imidazole rings is 1. The number of likely N-dealkylation sites (N-methyl/N-ethyl adjacent to an activating group) is 1. The maximum atomic E-state index is 13.3. The first kappa shape index (κ1) is 25.6. The van der Waals surface area contributed by atoms with E-state index in [1.807, 2.05) is 69.2 Å². The predicted octanol–water partition coefficient (Wildman–Crippen LogP) is 3.72. The Morgan fingerprint density at radius 3 is 2.18 bits per heavy atom. The number of amides is 1. The van der Waals surface area contributed by atoms with Gasteiger partial charge in [-0.15, -0.1) is 0 Å². The summed E-state index contributed by atoms with van der Waals surface area (Å²) in [7, 11) is 0.259. The van der Waals surface area contributed by atoms with Gasteiger partial charge in [-0.2, -0.15) is 0 Å². The van der Waals surface area contributed by atoms with Crippen molar-refractivity contribution in [2.45, 2.75) is 37.8 Å². The Morgan fingerprint density at radius 2 is 1.59 bits per heavy atom. The van der Waals surface area contributed by atoms with Crippen LogP contribution in [0.4, 0.5) is 0 Å². The highest BCUT2D eigenvalue weighted by atomic mass is 32.2. The zero-order valence-electron chi connectivity index (χ0n) is 20.4. The first-order chi connectivity index (χ1) is 16.2. The average Bonchev–Trinajstić information content (AvgIpc) is 3.19. The first-order valence-corrected chi connectivity index (χ1v) is 13.1. The van der Waals surface area contributed by atoms with Crippen molar-refractivity contribution in [2.75, 3.05) is 27.2 Å². The van der Waals surface area contributed by atoms with E-state index in [-0.39, 0.29) is 29.3 Å². The van der Waals surface area contributed by atoms with Gasteiger partial charge < -0.3 is 14.4 Å². The van der Waals surface area contributed by atoms with Crippen molar-refractivity contribution >= 4 is 15.7 Å². The fourth-order valence-electron chi connectivity index (χ4n) is 3.72. The highest BCUT2D eigenvalue weighted by molar-refractivity contribution is 7.90. The Balaban J connectivity index is 1.94. The number of hydrogen-bond donors (Lipinski definition) is 0. The summed E-state index contributed by atoms with van der Waals surface area (Å²) in [6, 6.07) is 18.3. The molecule has 182 valence electrons. The largest absolute Gasteiger partial charge is 0.331 e. The minimum Gasteiger partial charge on any atom is -0.331 e. The molecule has 3 aromatic rings. The van der Waals surface area contributed by atoms with Gasteiger partial charge in [0, 0.05) is 25.2 Å². The molecule has 0 fully saturated rings. The summed E-state index contributed by atoms with van der Waals surface area (Å²) in [6.07, 6.45) is 1.60. The second-order valence-corrected chi connectivity index (χ2v) is 11.1. The number of carbonyl (C=O) groups excluding carboxylic acids is 1. The molecular formula is C26H34N4O3S. The van der Waals surface area contributed by atoms with Gasteiger partial charge in [0.2, 0.25) is 15.0 Å². The molecule has 0 saturated heterocycles. The van der Waals surface area contributed by atoms with Crippen LogP contribution in [0.1, 0.15) is 35.5 Å². The van der Waals surface area contributed by atoms with Crippen LogP contribution in [0.15, 0.2) is 72.0 Å². The first-order valence-electron chi connectivity index (χ1n) is 11.5. The second-order valence-electron chi connectivity index (χ2n) is 9.18. The Kier molecular flexibility index (Phi) is 8.63. The second kappa shape index (κ2) is 11.4. The lowest BCUT2D eigenvalue weighted by molar-refractivity contribution is 0.0727. The molecule has 3 rings (SSSR count). The average molecular weight is 483 g/mol. The summed E-state index contributed by atoms with van der Waals surface area (Å²) in [5.74, 6) is 0.00230. The summed E-state index contributed by atoms with van der Waals surface area (Å²) < 4.78 is 28.4. The van der Waals surface area contributed by atoms with Gasteiger partial charge in [-0.1, -0.05) is 62.4 Å². The van der Waals surface area contributed by atoms with E-state index in [1.165, 1.54) is 0 Å². The van der Waals surface area contributed by atoms with Crippen LogP contribution < -0.4 is 0 Å². The summed E-state index contributed by atoms with van der Waals surface area (Å²) >= 11 is 0. The molecule has 0 unspecified atom stereocenters. The van der Waals surface area contributed by atoms with Crippen molar-refractivity contribution in [3.8, 4) is 0 Å². The molecule has 0 spiro atoms. The summed E-state index contributed by atoms with van der Waals surface area (Å²) in [5.41, 5.74) is 2.03. The van der Waals surface area contributed by atoms with Crippen LogP contribution in [0.2, 0.25) is 0 Å². The third-order valence-corrected chi connectivity index (χ3v) is 7.00. The lowest BCUT2D eigenvalue weighted by Crippen LogP contribution is -2.37. The van der Waals surface area contributed by atoms with Crippen molar-refractivity contribution in [1.29, 1.82) is 0 Å². The van der Waals surface area contributed by atoms with Crippen molar-refractivity contribution in [3.63, 3.8) is 0 Å². The normalized spacial score (nSPS) is 11.8. The Morgan fingerprint density at radius 1 is 0.971 bits per heavy atom. The minimum atomic E-state index is -3.66. The zero-order chi connectivity index (χ0) is 24.7. The summed E-state index contributed by atoms with van der Waals surface area (Å²) in [5, 5.41) is 0.0553. The van der Waals surface area contributed by atoms with E-state index >= 15 is 0 Å². The lowest BCUT2D eigenvalue weighted by Gasteiger charge is -2.25. The number of carbonyl (C=O) groups is 1. The van der Waals surface area contributed by atoms with Gasteiger partial charge in [-0.3, -0.25) is 4.79 Å². The highest BCUT2D eigenvalue weighted by Crippen LogP contribution is 2.21. The van der Waals surface area contributed by atoms with E-state index in [1.54, 1.807) is 39.9 Å². The monoisotopic (exact) mass is 482 g/mol. The van der Waals surface area contributed by atoms with Gasteiger partial charge in [-0.25, -0.2) is 13.4 Å². The number of sulfone groups is 1.